The number of ether oxygens (including phenoxy) is 1. The average molecular weight is 238 g/mol. The third-order valence-corrected chi connectivity index (χ3v) is 2.66. The molecule has 0 fully saturated rings. The van der Waals surface area contributed by atoms with Gasteiger partial charge in [-0.05, 0) is 25.0 Å². The van der Waals surface area contributed by atoms with Crippen LogP contribution < -0.4 is 15.8 Å². The van der Waals surface area contributed by atoms with Crippen molar-refractivity contribution in [2.24, 2.45) is 0 Å². The summed E-state index contributed by atoms with van der Waals surface area (Å²) in [7, 11) is 1.64. The highest BCUT2D eigenvalue weighted by Gasteiger charge is 2.00. The second kappa shape index (κ2) is 7.79. The number of methoxy groups -OCH3 is 1. The molecule has 0 amide bonds. The van der Waals surface area contributed by atoms with Crippen molar-refractivity contribution in [3.63, 3.8) is 0 Å². The van der Waals surface area contributed by atoms with Crippen molar-refractivity contribution in [3.05, 3.63) is 18.2 Å². The summed E-state index contributed by atoms with van der Waals surface area (Å²) >= 11 is 0. The van der Waals surface area contributed by atoms with Gasteiger partial charge in [-0.1, -0.05) is 12.8 Å². The van der Waals surface area contributed by atoms with Crippen molar-refractivity contribution < 1.29 is 9.84 Å². The molecule has 0 saturated heterocycles. The molecular formula is C13H22N2O2. The van der Waals surface area contributed by atoms with Crippen LogP contribution >= 0.6 is 0 Å². The van der Waals surface area contributed by atoms with Crippen LogP contribution in [0.5, 0.6) is 5.75 Å². The zero-order valence-corrected chi connectivity index (χ0v) is 10.4. The van der Waals surface area contributed by atoms with E-state index in [0.717, 1.165) is 49.4 Å². The topological polar surface area (TPSA) is 67.5 Å². The molecule has 0 unspecified atom stereocenters. The molecule has 0 aromatic heterocycles. The summed E-state index contributed by atoms with van der Waals surface area (Å²) in [4.78, 5) is 0. The summed E-state index contributed by atoms with van der Waals surface area (Å²) in [6.07, 6.45) is 4.17. The predicted molar refractivity (Wildman–Crippen MR) is 71.4 cm³/mol. The first-order valence-corrected chi connectivity index (χ1v) is 6.06. The maximum atomic E-state index is 8.65. The highest BCUT2D eigenvalue weighted by molar-refractivity contribution is 5.68. The minimum absolute atomic E-state index is 0.288. The first-order valence-electron chi connectivity index (χ1n) is 6.06. The van der Waals surface area contributed by atoms with E-state index in [1.165, 1.54) is 0 Å². The Bertz CT molecular complexity index is 329. The molecule has 0 aliphatic heterocycles. The van der Waals surface area contributed by atoms with Gasteiger partial charge in [-0.15, -0.1) is 0 Å². The van der Waals surface area contributed by atoms with Gasteiger partial charge in [0.2, 0.25) is 0 Å². The number of anilines is 2. The number of rotatable bonds is 8. The molecule has 1 aromatic carbocycles. The zero-order chi connectivity index (χ0) is 12.5. The highest BCUT2D eigenvalue weighted by atomic mass is 16.5. The molecular weight excluding hydrogens is 216 g/mol. The fourth-order valence-corrected chi connectivity index (χ4v) is 1.63. The smallest absolute Gasteiger partial charge is 0.121 e. The Morgan fingerprint density at radius 1 is 1.24 bits per heavy atom. The van der Waals surface area contributed by atoms with Crippen molar-refractivity contribution >= 4 is 11.4 Å². The van der Waals surface area contributed by atoms with E-state index in [0.29, 0.717) is 0 Å². The Morgan fingerprint density at radius 2 is 2.00 bits per heavy atom. The average Bonchev–Trinajstić information content (AvgIpc) is 2.35. The van der Waals surface area contributed by atoms with Gasteiger partial charge in [-0.3, -0.25) is 0 Å². The van der Waals surface area contributed by atoms with E-state index in [9.17, 15) is 0 Å². The largest absolute Gasteiger partial charge is 0.497 e. The Labute approximate surface area is 103 Å². The van der Waals surface area contributed by atoms with Gasteiger partial charge in [0, 0.05) is 19.2 Å². The van der Waals surface area contributed by atoms with Crippen LogP contribution in [0.25, 0.3) is 0 Å². The molecule has 17 heavy (non-hydrogen) atoms. The summed E-state index contributed by atoms with van der Waals surface area (Å²) in [6, 6.07) is 5.59. The van der Waals surface area contributed by atoms with Crippen LogP contribution in [-0.2, 0) is 0 Å². The Hall–Kier alpha value is -1.42. The molecule has 96 valence electrons. The zero-order valence-electron chi connectivity index (χ0n) is 10.4. The van der Waals surface area contributed by atoms with Crippen LogP contribution in [0.4, 0.5) is 11.4 Å². The minimum Gasteiger partial charge on any atom is -0.497 e. The van der Waals surface area contributed by atoms with Crippen LogP contribution in [0.15, 0.2) is 18.2 Å². The Morgan fingerprint density at radius 3 is 2.71 bits per heavy atom. The highest BCUT2D eigenvalue weighted by Crippen LogP contribution is 2.24. The molecule has 0 aliphatic rings. The van der Waals surface area contributed by atoms with Gasteiger partial charge in [0.15, 0.2) is 0 Å². The molecule has 0 bridgehead atoms. The normalized spacial score (nSPS) is 10.2. The van der Waals surface area contributed by atoms with E-state index in [-0.39, 0.29) is 6.61 Å². The first-order chi connectivity index (χ1) is 8.27. The van der Waals surface area contributed by atoms with Gasteiger partial charge in [0.1, 0.15) is 5.75 Å². The molecule has 0 heterocycles. The second-order valence-corrected chi connectivity index (χ2v) is 4.02. The summed E-state index contributed by atoms with van der Waals surface area (Å²) in [5.41, 5.74) is 7.52. The number of aliphatic hydroxyl groups is 1. The monoisotopic (exact) mass is 238 g/mol. The molecule has 4 nitrogen and oxygen atoms in total. The Balaban J connectivity index is 2.30. The van der Waals surface area contributed by atoms with E-state index >= 15 is 0 Å². The van der Waals surface area contributed by atoms with E-state index in [1.54, 1.807) is 7.11 Å². The lowest BCUT2D eigenvalue weighted by molar-refractivity contribution is 0.283. The molecule has 0 spiro atoms. The Kier molecular flexibility index (Phi) is 6.25. The van der Waals surface area contributed by atoms with Crippen molar-refractivity contribution in [2.75, 3.05) is 31.3 Å². The molecule has 0 saturated carbocycles. The number of nitrogen functional groups attached to an aromatic ring is 1. The predicted octanol–water partition coefficient (Wildman–Crippen LogP) is 2.24. The van der Waals surface area contributed by atoms with Gasteiger partial charge < -0.3 is 20.9 Å². The number of benzene rings is 1. The fourth-order valence-electron chi connectivity index (χ4n) is 1.63. The fraction of sp³-hybridized carbons (Fsp3) is 0.538. The SMILES string of the molecule is COc1ccc(N)c(NCCCCCCO)c1. The maximum Gasteiger partial charge on any atom is 0.121 e. The van der Waals surface area contributed by atoms with Crippen LogP contribution in [0.2, 0.25) is 0 Å². The van der Waals surface area contributed by atoms with Gasteiger partial charge in [0.25, 0.3) is 0 Å². The number of aliphatic hydroxyl groups excluding tert-OH is 1. The van der Waals surface area contributed by atoms with E-state index in [4.69, 9.17) is 15.6 Å². The molecule has 0 aliphatic carbocycles. The first kappa shape index (κ1) is 13.6. The third-order valence-electron chi connectivity index (χ3n) is 2.66. The van der Waals surface area contributed by atoms with Crippen molar-refractivity contribution in [2.45, 2.75) is 25.7 Å². The van der Waals surface area contributed by atoms with Crippen molar-refractivity contribution in [3.8, 4) is 5.75 Å². The van der Waals surface area contributed by atoms with Gasteiger partial charge >= 0.3 is 0 Å². The molecule has 0 radical (unpaired) electrons. The lowest BCUT2D eigenvalue weighted by Crippen LogP contribution is -2.04. The standard InChI is InChI=1S/C13H22N2O2/c1-17-11-6-7-12(14)13(10-11)15-8-4-2-3-5-9-16/h6-7,10,15-16H,2-5,8-9,14H2,1H3. The molecule has 1 rings (SSSR count). The molecule has 4 N–H and O–H groups in total. The van der Waals surface area contributed by atoms with E-state index < -0.39 is 0 Å². The van der Waals surface area contributed by atoms with Gasteiger partial charge in [-0.25, -0.2) is 0 Å². The number of nitrogens with two attached hydrogens (primary N) is 1. The number of nitrogens with one attached hydrogen (secondary N) is 1. The second-order valence-electron chi connectivity index (χ2n) is 4.02. The van der Waals surface area contributed by atoms with Crippen LogP contribution in [0, 0.1) is 0 Å². The number of hydrogen-bond acceptors (Lipinski definition) is 4. The summed E-state index contributed by atoms with van der Waals surface area (Å²) in [5, 5.41) is 11.9. The van der Waals surface area contributed by atoms with E-state index in [2.05, 4.69) is 5.32 Å². The van der Waals surface area contributed by atoms with Crippen molar-refractivity contribution in [1.82, 2.24) is 0 Å². The number of hydrogen-bond donors (Lipinski definition) is 3. The van der Waals surface area contributed by atoms with Gasteiger partial charge in [-0.2, -0.15) is 0 Å². The van der Waals surface area contributed by atoms with Crippen molar-refractivity contribution in [1.29, 1.82) is 0 Å². The van der Waals surface area contributed by atoms with Crippen LogP contribution in [-0.4, -0.2) is 25.4 Å². The third kappa shape index (κ3) is 4.95. The summed E-state index contributed by atoms with van der Waals surface area (Å²) < 4.78 is 5.15. The number of unbranched alkanes of at least 4 members (excludes halogenated alkanes) is 3. The maximum absolute atomic E-state index is 8.65. The lowest BCUT2D eigenvalue weighted by atomic mass is 10.2. The summed E-state index contributed by atoms with van der Waals surface area (Å²) in [5.74, 6) is 0.807. The van der Waals surface area contributed by atoms with Crippen LogP contribution in [0.3, 0.4) is 0 Å². The molecule has 1 aromatic rings. The quantitative estimate of drug-likeness (QED) is 0.480. The molecule has 0 atom stereocenters. The van der Waals surface area contributed by atoms with Gasteiger partial charge in [0.05, 0.1) is 18.5 Å². The minimum atomic E-state index is 0.288. The lowest BCUT2D eigenvalue weighted by Gasteiger charge is -2.10. The van der Waals surface area contributed by atoms with E-state index in [1.807, 2.05) is 18.2 Å². The molecule has 4 heteroatoms. The van der Waals surface area contributed by atoms with Crippen LogP contribution in [0.1, 0.15) is 25.7 Å². The summed E-state index contributed by atoms with van der Waals surface area (Å²) in [6.45, 7) is 1.18.